The lowest BCUT2D eigenvalue weighted by Gasteiger charge is -2.39. The Labute approximate surface area is 120 Å². The molecule has 1 aliphatic rings. The van der Waals surface area contributed by atoms with Gasteiger partial charge in [0.15, 0.2) is 0 Å². The average Bonchev–Trinajstić information content (AvgIpc) is 2.47. The van der Waals surface area contributed by atoms with Crippen molar-refractivity contribution in [2.75, 3.05) is 6.61 Å². The van der Waals surface area contributed by atoms with E-state index in [9.17, 15) is 5.11 Å². The number of rotatable bonds is 2. The molecule has 1 saturated heterocycles. The average molecular weight is 270 g/mol. The minimum Gasteiger partial charge on any atom is -0.385 e. The smallest absolute Gasteiger partial charge is 0.0943 e. The van der Waals surface area contributed by atoms with Crippen LogP contribution in [0.25, 0.3) is 10.8 Å². The van der Waals surface area contributed by atoms with Gasteiger partial charge in [-0.15, -0.1) is 0 Å². The van der Waals surface area contributed by atoms with Crippen LogP contribution < -0.4 is 0 Å². The molecule has 2 aromatic rings. The van der Waals surface area contributed by atoms with Crippen LogP contribution in [0, 0.1) is 5.92 Å². The minimum atomic E-state index is -0.753. The standard InChI is InChI=1S/C18H22O2/c1-13(2)17-12-18(19,9-10-20-17)16-8-7-14-5-3-4-6-15(14)11-16/h3-8,11,13,17,19H,9-10,12H2,1-2H3. The summed E-state index contributed by atoms with van der Waals surface area (Å²) in [7, 11) is 0. The number of hydrogen-bond donors (Lipinski definition) is 1. The first-order chi connectivity index (χ1) is 9.58. The van der Waals surface area contributed by atoms with Gasteiger partial charge in [0.2, 0.25) is 0 Å². The van der Waals surface area contributed by atoms with Gasteiger partial charge in [0.25, 0.3) is 0 Å². The van der Waals surface area contributed by atoms with Gasteiger partial charge in [-0.3, -0.25) is 0 Å². The number of ether oxygens (including phenoxy) is 1. The Bertz CT molecular complexity index is 605. The highest BCUT2D eigenvalue weighted by Gasteiger charge is 2.37. The second-order valence-electron chi connectivity index (χ2n) is 6.20. The highest BCUT2D eigenvalue weighted by atomic mass is 16.5. The fraction of sp³-hybridized carbons (Fsp3) is 0.444. The van der Waals surface area contributed by atoms with Crippen molar-refractivity contribution in [3.8, 4) is 0 Å². The van der Waals surface area contributed by atoms with Gasteiger partial charge in [-0.1, -0.05) is 50.2 Å². The molecule has 2 nitrogen and oxygen atoms in total. The summed E-state index contributed by atoms with van der Waals surface area (Å²) in [4.78, 5) is 0. The highest BCUT2D eigenvalue weighted by molar-refractivity contribution is 5.83. The van der Waals surface area contributed by atoms with Crippen LogP contribution in [0.3, 0.4) is 0 Å². The summed E-state index contributed by atoms with van der Waals surface area (Å²) in [6.45, 7) is 4.93. The van der Waals surface area contributed by atoms with Crippen LogP contribution in [-0.4, -0.2) is 17.8 Å². The monoisotopic (exact) mass is 270 g/mol. The summed E-state index contributed by atoms with van der Waals surface area (Å²) in [6.07, 6.45) is 1.50. The van der Waals surface area contributed by atoms with Crippen LogP contribution in [0.4, 0.5) is 0 Å². The second-order valence-corrected chi connectivity index (χ2v) is 6.20. The Hall–Kier alpha value is -1.38. The first kappa shape index (κ1) is 13.6. The van der Waals surface area contributed by atoms with Crippen molar-refractivity contribution >= 4 is 10.8 Å². The van der Waals surface area contributed by atoms with E-state index in [1.165, 1.54) is 10.8 Å². The molecule has 0 radical (unpaired) electrons. The van der Waals surface area contributed by atoms with E-state index in [1.807, 2.05) is 12.1 Å². The van der Waals surface area contributed by atoms with Crippen molar-refractivity contribution in [2.45, 2.75) is 38.4 Å². The van der Waals surface area contributed by atoms with Gasteiger partial charge in [-0.05, 0) is 28.3 Å². The Morgan fingerprint density at radius 2 is 1.90 bits per heavy atom. The molecule has 0 bridgehead atoms. The lowest BCUT2D eigenvalue weighted by molar-refractivity contribution is -0.121. The van der Waals surface area contributed by atoms with E-state index in [1.54, 1.807) is 0 Å². The Morgan fingerprint density at radius 3 is 2.65 bits per heavy atom. The summed E-state index contributed by atoms with van der Waals surface area (Å²) in [5.74, 6) is 0.433. The molecule has 0 saturated carbocycles. The summed E-state index contributed by atoms with van der Waals surface area (Å²) >= 11 is 0. The van der Waals surface area contributed by atoms with Gasteiger partial charge in [0.1, 0.15) is 0 Å². The van der Waals surface area contributed by atoms with Crippen LogP contribution in [0.15, 0.2) is 42.5 Å². The molecule has 1 N–H and O–H groups in total. The SMILES string of the molecule is CC(C)C1CC(O)(c2ccc3ccccc3c2)CCO1. The molecule has 2 aromatic carbocycles. The van der Waals surface area contributed by atoms with Gasteiger partial charge in [0, 0.05) is 12.8 Å². The molecule has 2 unspecified atom stereocenters. The van der Waals surface area contributed by atoms with Crippen LogP contribution in [-0.2, 0) is 10.3 Å². The number of benzene rings is 2. The molecule has 0 aliphatic carbocycles. The molecule has 0 amide bonds. The minimum absolute atomic E-state index is 0.139. The predicted molar refractivity (Wildman–Crippen MR) is 81.7 cm³/mol. The Morgan fingerprint density at radius 1 is 1.15 bits per heavy atom. The van der Waals surface area contributed by atoms with Crippen molar-refractivity contribution < 1.29 is 9.84 Å². The molecule has 106 valence electrons. The Kier molecular flexibility index (Phi) is 3.53. The fourth-order valence-electron chi connectivity index (χ4n) is 3.04. The maximum Gasteiger partial charge on any atom is 0.0943 e. The number of hydrogen-bond acceptors (Lipinski definition) is 2. The Balaban J connectivity index is 1.96. The van der Waals surface area contributed by atoms with E-state index < -0.39 is 5.60 Å². The zero-order valence-corrected chi connectivity index (χ0v) is 12.2. The molecular formula is C18H22O2. The van der Waals surface area contributed by atoms with E-state index in [0.29, 0.717) is 25.4 Å². The molecule has 2 atom stereocenters. The van der Waals surface area contributed by atoms with Crippen molar-refractivity contribution in [2.24, 2.45) is 5.92 Å². The molecule has 1 heterocycles. The summed E-state index contributed by atoms with van der Waals surface area (Å²) < 4.78 is 5.78. The molecule has 2 heteroatoms. The first-order valence-electron chi connectivity index (χ1n) is 7.42. The van der Waals surface area contributed by atoms with E-state index in [2.05, 4.69) is 44.2 Å². The highest BCUT2D eigenvalue weighted by Crippen LogP contribution is 2.37. The van der Waals surface area contributed by atoms with E-state index in [0.717, 1.165) is 5.56 Å². The third-order valence-corrected chi connectivity index (χ3v) is 4.42. The van der Waals surface area contributed by atoms with Crippen LogP contribution in [0.5, 0.6) is 0 Å². The first-order valence-corrected chi connectivity index (χ1v) is 7.42. The van der Waals surface area contributed by atoms with E-state index >= 15 is 0 Å². The van der Waals surface area contributed by atoms with Gasteiger partial charge < -0.3 is 9.84 Å². The largest absolute Gasteiger partial charge is 0.385 e. The van der Waals surface area contributed by atoms with Crippen LogP contribution in [0.2, 0.25) is 0 Å². The zero-order chi connectivity index (χ0) is 14.2. The predicted octanol–water partition coefficient (Wildman–Crippen LogP) is 3.86. The maximum absolute atomic E-state index is 11.0. The van der Waals surface area contributed by atoms with E-state index in [-0.39, 0.29) is 6.10 Å². The molecule has 3 rings (SSSR count). The maximum atomic E-state index is 11.0. The normalized spacial score (nSPS) is 27.1. The van der Waals surface area contributed by atoms with Gasteiger partial charge >= 0.3 is 0 Å². The lowest BCUT2D eigenvalue weighted by Crippen LogP contribution is -2.40. The van der Waals surface area contributed by atoms with Gasteiger partial charge in [0.05, 0.1) is 18.3 Å². The zero-order valence-electron chi connectivity index (χ0n) is 12.2. The summed E-state index contributed by atoms with van der Waals surface area (Å²) in [6, 6.07) is 14.6. The number of fused-ring (bicyclic) bond motifs is 1. The fourth-order valence-corrected chi connectivity index (χ4v) is 3.04. The quantitative estimate of drug-likeness (QED) is 0.898. The summed E-state index contributed by atoms with van der Waals surface area (Å²) in [5, 5.41) is 13.4. The lowest BCUT2D eigenvalue weighted by atomic mass is 9.80. The van der Waals surface area contributed by atoms with Crippen molar-refractivity contribution in [1.82, 2.24) is 0 Å². The molecule has 1 fully saturated rings. The molecular weight excluding hydrogens is 248 g/mol. The van der Waals surface area contributed by atoms with Crippen molar-refractivity contribution in [3.63, 3.8) is 0 Å². The molecule has 0 spiro atoms. The molecule has 1 aliphatic heterocycles. The topological polar surface area (TPSA) is 29.5 Å². The second kappa shape index (κ2) is 5.19. The third kappa shape index (κ3) is 2.46. The third-order valence-electron chi connectivity index (χ3n) is 4.42. The van der Waals surface area contributed by atoms with Crippen molar-refractivity contribution in [1.29, 1.82) is 0 Å². The molecule has 0 aromatic heterocycles. The summed E-state index contributed by atoms with van der Waals surface area (Å²) in [5.41, 5.74) is 0.266. The molecule has 20 heavy (non-hydrogen) atoms. The van der Waals surface area contributed by atoms with Gasteiger partial charge in [-0.2, -0.15) is 0 Å². The van der Waals surface area contributed by atoms with Gasteiger partial charge in [-0.25, -0.2) is 0 Å². The van der Waals surface area contributed by atoms with Crippen LogP contribution >= 0.6 is 0 Å². The number of aliphatic hydroxyl groups is 1. The van der Waals surface area contributed by atoms with Crippen molar-refractivity contribution in [3.05, 3.63) is 48.0 Å². The van der Waals surface area contributed by atoms with E-state index in [4.69, 9.17) is 4.74 Å². The van der Waals surface area contributed by atoms with Crippen LogP contribution in [0.1, 0.15) is 32.3 Å².